The highest BCUT2D eigenvalue weighted by Gasteiger charge is 2.23. The van der Waals surface area contributed by atoms with Crippen molar-refractivity contribution in [2.45, 2.75) is 19.4 Å². The predicted octanol–water partition coefficient (Wildman–Crippen LogP) is 1.40. The van der Waals surface area contributed by atoms with Crippen LogP contribution in [0.15, 0.2) is 54.6 Å². The summed E-state index contributed by atoms with van der Waals surface area (Å²) >= 11 is 0. The average molecular weight is 369 g/mol. The standard InChI is InChI=1S/C22H28N2O3/c1-2-18-8-10-20(11-9-18)27-17-22(25)23-21(19-6-4-3-5-7-19)16-24-12-14-26-15-13-24/h3-11,21H,2,12-17H2,1H3,(H,23,25)/p+1/t21-/m1/s1. The van der Waals surface area contributed by atoms with E-state index in [0.29, 0.717) is 0 Å². The van der Waals surface area contributed by atoms with Gasteiger partial charge in [-0.1, -0.05) is 49.4 Å². The number of morpholine rings is 1. The Morgan fingerprint density at radius 3 is 2.48 bits per heavy atom. The largest absolute Gasteiger partial charge is 0.484 e. The lowest BCUT2D eigenvalue weighted by Crippen LogP contribution is -3.14. The zero-order valence-electron chi connectivity index (χ0n) is 15.9. The number of carbonyl (C=O) groups is 1. The number of rotatable bonds is 8. The Balaban J connectivity index is 1.57. The fourth-order valence-electron chi connectivity index (χ4n) is 3.30. The molecule has 0 bridgehead atoms. The van der Waals surface area contributed by atoms with Crippen LogP contribution in [-0.4, -0.2) is 45.4 Å². The van der Waals surface area contributed by atoms with E-state index in [0.717, 1.165) is 50.6 Å². The lowest BCUT2D eigenvalue weighted by molar-refractivity contribution is -0.909. The molecule has 1 aliphatic heterocycles. The molecule has 0 spiro atoms. The molecule has 144 valence electrons. The van der Waals surface area contributed by atoms with Crippen LogP contribution >= 0.6 is 0 Å². The number of carbonyl (C=O) groups excluding carboxylic acids is 1. The van der Waals surface area contributed by atoms with Crippen molar-refractivity contribution in [3.8, 4) is 5.75 Å². The van der Waals surface area contributed by atoms with Crippen molar-refractivity contribution < 1.29 is 19.2 Å². The number of amides is 1. The zero-order valence-corrected chi connectivity index (χ0v) is 15.9. The van der Waals surface area contributed by atoms with Gasteiger partial charge in [0.05, 0.1) is 13.2 Å². The molecule has 0 radical (unpaired) electrons. The Bertz CT molecular complexity index is 697. The summed E-state index contributed by atoms with van der Waals surface area (Å²) in [6.45, 7) is 6.49. The molecule has 0 aromatic heterocycles. The maximum atomic E-state index is 12.5. The summed E-state index contributed by atoms with van der Waals surface area (Å²) in [7, 11) is 0. The summed E-state index contributed by atoms with van der Waals surface area (Å²) < 4.78 is 11.1. The molecule has 2 aromatic rings. The molecule has 0 unspecified atom stereocenters. The molecule has 1 amide bonds. The van der Waals surface area contributed by atoms with E-state index >= 15 is 0 Å². The molecule has 1 fully saturated rings. The van der Waals surface area contributed by atoms with Gasteiger partial charge in [0.1, 0.15) is 31.4 Å². The minimum Gasteiger partial charge on any atom is -0.484 e. The summed E-state index contributed by atoms with van der Waals surface area (Å²) in [6, 6.07) is 18.0. The topological polar surface area (TPSA) is 52.0 Å². The second-order valence-electron chi connectivity index (χ2n) is 6.88. The van der Waals surface area contributed by atoms with Gasteiger partial charge in [-0.25, -0.2) is 0 Å². The molecule has 5 nitrogen and oxygen atoms in total. The Kier molecular flexibility index (Phi) is 7.25. The van der Waals surface area contributed by atoms with Crippen LogP contribution in [0.2, 0.25) is 0 Å². The number of quaternary nitrogens is 1. The fraction of sp³-hybridized carbons (Fsp3) is 0.409. The van der Waals surface area contributed by atoms with E-state index in [1.54, 1.807) is 0 Å². The van der Waals surface area contributed by atoms with Crippen LogP contribution in [-0.2, 0) is 16.0 Å². The summed E-state index contributed by atoms with van der Waals surface area (Å²) in [5.74, 6) is 0.619. The number of hydrogen-bond donors (Lipinski definition) is 2. The van der Waals surface area contributed by atoms with Crippen molar-refractivity contribution in [3.63, 3.8) is 0 Å². The van der Waals surface area contributed by atoms with Gasteiger partial charge in [-0.2, -0.15) is 0 Å². The van der Waals surface area contributed by atoms with E-state index in [2.05, 4.69) is 24.4 Å². The van der Waals surface area contributed by atoms with Crippen molar-refractivity contribution in [1.82, 2.24) is 5.32 Å². The number of hydrogen-bond acceptors (Lipinski definition) is 3. The smallest absolute Gasteiger partial charge is 0.258 e. The van der Waals surface area contributed by atoms with Crippen LogP contribution in [0.4, 0.5) is 0 Å². The van der Waals surface area contributed by atoms with E-state index < -0.39 is 0 Å². The Morgan fingerprint density at radius 1 is 1.11 bits per heavy atom. The number of nitrogens with one attached hydrogen (secondary N) is 2. The maximum Gasteiger partial charge on any atom is 0.258 e. The molecule has 27 heavy (non-hydrogen) atoms. The molecule has 5 heteroatoms. The third-order valence-electron chi connectivity index (χ3n) is 4.93. The third kappa shape index (κ3) is 6.08. The maximum absolute atomic E-state index is 12.5. The molecular formula is C22H29N2O3+. The first-order chi connectivity index (χ1) is 13.2. The van der Waals surface area contributed by atoms with Crippen molar-refractivity contribution in [2.24, 2.45) is 0 Å². The lowest BCUT2D eigenvalue weighted by Gasteiger charge is -2.28. The minimum atomic E-state index is -0.101. The molecule has 2 N–H and O–H groups in total. The van der Waals surface area contributed by atoms with Crippen molar-refractivity contribution >= 4 is 5.91 Å². The van der Waals surface area contributed by atoms with Crippen LogP contribution in [0.5, 0.6) is 5.75 Å². The van der Waals surface area contributed by atoms with Gasteiger partial charge < -0.3 is 19.7 Å². The molecule has 0 aliphatic carbocycles. The number of benzene rings is 2. The van der Waals surface area contributed by atoms with Gasteiger partial charge in [-0.3, -0.25) is 4.79 Å². The highest BCUT2D eigenvalue weighted by atomic mass is 16.5. The molecule has 3 rings (SSSR count). The van der Waals surface area contributed by atoms with Crippen LogP contribution in [0.25, 0.3) is 0 Å². The molecule has 1 aliphatic rings. The highest BCUT2D eigenvalue weighted by molar-refractivity contribution is 5.78. The number of aryl methyl sites for hydroxylation is 1. The van der Waals surface area contributed by atoms with Crippen LogP contribution < -0.4 is 15.0 Å². The summed E-state index contributed by atoms with van der Waals surface area (Å²) in [5, 5.41) is 3.15. The van der Waals surface area contributed by atoms with Crippen molar-refractivity contribution in [3.05, 3.63) is 65.7 Å². The Labute approximate surface area is 161 Å². The fourth-order valence-corrected chi connectivity index (χ4v) is 3.30. The Hall–Kier alpha value is -2.37. The summed E-state index contributed by atoms with van der Waals surface area (Å²) in [4.78, 5) is 13.9. The monoisotopic (exact) mass is 369 g/mol. The van der Waals surface area contributed by atoms with Crippen LogP contribution in [0.3, 0.4) is 0 Å². The molecule has 1 heterocycles. The van der Waals surface area contributed by atoms with Gasteiger partial charge >= 0.3 is 0 Å². The van der Waals surface area contributed by atoms with E-state index in [-0.39, 0.29) is 18.6 Å². The van der Waals surface area contributed by atoms with E-state index in [9.17, 15) is 4.79 Å². The van der Waals surface area contributed by atoms with Crippen LogP contribution in [0, 0.1) is 0 Å². The van der Waals surface area contributed by atoms with Gasteiger partial charge in [-0.15, -0.1) is 0 Å². The number of ether oxygens (including phenoxy) is 2. The Morgan fingerprint density at radius 2 is 1.81 bits per heavy atom. The molecule has 1 saturated heterocycles. The zero-order chi connectivity index (χ0) is 18.9. The van der Waals surface area contributed by atoms with Crippen LogP contribution in [0.1, 0.15) is 24.1 Å². The summed E-state index contributed by atoms with van der Waals surface area (Å²) in [5.41, 5.74) is 2.38. The molecule has 1 atom stereocenters. The highest BCUT2D eigenvalue weighted by Crippen LogP contribution is 2.13. The summed E-state index contributed by atoms with van der Waals surface area (Å²) in [6.07, 6.45) is 0.989. The molecule has 2 aromatic carbocycles. The van der Waals surface area contributed by atoms with E-state index in [4.69, 9.17) is 9.47 Å². The lowest BCUT2D eigenvalue weighted by atomic mass is 10.1. The normalized spacial score (nSPS) is 15.9. The molecular weight excluding hydrogens is 340 g/mol. The molecule has 0 saturated carbocycles. The second kappa shape index (κ2) is 10.1. The first-order valence-corrected chi connectivity index (χ1v) is 9.72. The van der Waals surface area contributed by atoms with Gasteiger partial charge in [0.15, 0.2) is 6.61 Å². The van der Waals surface area contributed by atoms with E-state index in [1.807, 2.05) is 42.5 Å². The van der Waals surface area contributed by atoms with Gasteiger partial charge in [0, 0.05) is 0 Å². The predicted molar refractivity (Wildman–Crippen MR) is 105 cm³/mol. The van der Waals surface area contributed by atoms with E-state index in [1.165, 1.54) is 10.5 Å². The van der Waals surface area contributed by atoms with Gasteiger partial charge in [0.25, 0.3) is 5.91 Å². The van der Waals surface area contributed by atoms with Gasteiger partial charge in [-0.05, 0) is 29.7 Å². The van der Waals surface area contributed by atoms with Crippen molar-refractivity contribution in [1.29, 1.82) is 0 Å². The van der Waals surface area contributed by atoms with Gasteiger partial charge in [0.2, 0.25) is 0 Å². The minimum absolute atomic E-state index is 0.0211. The quantitative estimate of drug-likeness (QED) is 0.740. The SMILES string of the molecule is CCc1ccc(OCC(=O)N[C@H](C[NH+]2CCOCC2)c2ccccc2)cc1. The third-order valence-corrected chi connectivity index (χ3v) is 4.93. The second-order valence-corrected chi connectivity index (χ2v) is 6.88. The average Bonchev–Trinajstić information content (AvgIpc) is 2.73. The van der Waals surface area contributed by atoms with Crippen molar-refractivity contribution in [2.75, 3.05) is 39.5 Å². The first-order valence-electron chi connectivity index (χ1n) is 9.72. The first kappa shape index (κ1) is 19.4.